The topological polar surface area (TPSA) is 183 Å². The van der Waals surface area contributed by atoms with Crippen LogP contribution in [0, 0.1) is 5.41 Å². The van der Waals surface area contributed by atoms with Crippen molar-refractivity contribution in [2.45, 2.75) is 154 Å². The molecule has 2 fully saturated rings. The molecule has 2 heterocycles. The molecule has 3 unspecified atom stereocenters. The highest BCUT2D eigenvalue weighted by Gasteiger charge is 2.48. The van der Waals surface area contributed by atoms with E-state index in [1.165, 1.54) is 10.5 Å². The van der Waals surface area contributed by atoms with Gasteiger partial charge in [-0.1, -0.05) is 90.1 Å². The molecule has 4 N–H and O–H groups in total. The molecule has 2 aliphatic heterocycles. The van der Waals surface area contributed by atoms with E-state index in [0.717, 1.165) is 31.2 Å². The maximum Gasteiger partial charge on any atom is 0.410 e. The summed E-state index contributed by atoms with van der Waals surface area (Å²) in [6.07, 6.45) is 6.21. The van der Waals surface area contributed by atoms with Crippen LogP contribution in [0.2, 0.25) is 0 Å². The Kier molecular flexibility index (Phi) is 16.0. The third-order valence-electron chi connectivity index (χ3n) is 11.6. The molecule has 4 rings (SSSR count). The number of ether oxygens (including phenoxy) is 1. The van der Waals surface area contributed by atoms with Gasteiger partial charge in [0, 0.05) is 26.1 Å². The van der Waals surface area contributed by atoms with Crippen LogP contribution < -0.4 is 21.3 Å². The number of urea groups is 1. The van der Waals surface area contributed by atoms with E-state index >= 15 is 0 Å². The zero-order valence-corrected chi connectivity index (χ0v) is 36.6. The first kappa shape index (κ1) is 46.7. The van der Waals surface area contributed by atoms with Crippen LogP contribution in [-0.2, 0) is 41.9 Å². The van der Waals surface area contributed by atoms with Gasteiger partial charge in [0.2, 0.25) is 11.8 Å². The van der Waals surface area contributed by atoms with Gasteiger partial charge in [0.15, 0.2) is 15.6 Å². The molecule has 3 aliphatic rings. The molecule has 0 spiro atoms. The number of hydrogen-bond donors (Lipinski definition) is 4. The molecule has 1 aliphatic carbocycles. The zero-order valence-electron chi connectivity index (χ0n) is 35.8. The van der Waals surface area contributed by atoms with Gasteiger partial charge in [-0.2, -0.15) is 0 Å². The van der Waals surface area contributed by atoms with Gasteiger partial charge in [-0.25, -0.2) is 18.0 Å². The summed E-state index contributed by atoms with van der Waals surface area (Å²) in [5.41, 5.74) is 0.326. The van der Waals surface area contributed by atoms with E-state index in [2.05, 4.69) is 27.8 Å². The number of rotatable bonds is 16. The van der Waals surface area contributed by atoms with Crippen LogP contribution in [-0.4, -0.2) is 114 Å². The van der Waals surface area contributed by atoms with Gasteiger partial charge < -0.3 is 35.8 Å². The molecular weight excluding hydrogens is 761 g/mol. The highest BCUT2D eigenvalue weighted by atomic mass is 32.2. The summed E-state index contributed by atoms with van der Waals surface area (Å²) in [7, 11) is -3.61. The van der Waals surface area contributed by atoms with Crippen molar-refractivity contribution in [3.05, 3.63) is 48.0 Å². The van der Waals surface area contributed by atoms with E-state index in [1.807, 2.05) is 31.2 Å². The second-order valence-corrected chi connectivity index (χ2v) is 21.1. The third-order valence-corrected chi connectivity index (χ3v) is 14.4. The molecule has 0 radical (unpaired) electrons. The van der Waals surface area contributed by atoms with Crippen LogP contribution >= 0.6 is 0 Å². The first-order valence-corrected chi connectivity index (χ1v) is 22.6. The van der Waals surface area contributed by atoms with E-state index in [0.29, 0.717) is 51.7 Å². The molecule has 5 amide bonds. The van der Waals surface area contributed by atoms with Gasteiger partial charge in [-0.15, -0.1) is 6.58 Å². The molecule has 1 aromatic rings. The molecule has 324 valence electrons. The Morgan fingerprint density at radius 2 is 1.67 bits per heavy atom. The monoisotopic (exact) mass is 828 g/mol. The van der Waals surface area contributed by atoms with E-state index in [1.54, 1.807) is 52.5 Å². The lowest BCUT2D eigenvalue weighted by molar-refractivity contribution is -0.142. The number of hydrogen-bond acceptors (Lipinski definition) is 9. The number of amides is 5. The summed E-state index contributed by atoms with van der Waals surface area (Å²) in [5, 5.41) is 11.8. The van der Waals surface area contributed by atoms with Crippen LogP contribution in [0.25, 0.3) is 0 Å². The molecule has 1 saturated carbocycles. The van der Waals surface area contributed by atoms with Crippen molar-refractivity contribution in [1.29, 1.82) is 0 Å². The molecule has 1 saturated heterocycles. The summed E-state index contributed by atoms with van der Waals surface area (Å²) in [5.74, 6) is -1.54. The smallest absolute Gasteiger partial charge is 0.410 e. The van der Waals surface area contributed by atoms with Gasteiger partial charge in [0.25, 0.3) is 0 Å². The van der Waals surface area contributed by atoms with Gasteiger partial charge in [-0.05, 0) is 63.0 Å². The summed E-state index contributed by atoms with van der Waals surface area (Å²) in [6.45, 7) is 17.2. The first-order valence-electron chi connectivity index (χ1n) is 21.0. The highest BCUT2D eigenvalue weighted by molar-refractivity contribution is 7.92. The van der Waals surface area contributed by atoms with Crippen molar-refractivity contribution in [3.8, 4) is 0 Å². The first-order chi connectivity index (χ1) is 27.2. The Hall–Kier alpha value is -3.98. The number of unbranched alkanes of at least 4 members (excludes halogenated alkanes) is 1. The summed E-state index contributed by atoms with van der Waals surface area (Å²) in [6, 6.07) is 4.16. The van der Waals surface area contributed by atoms with E-state index < -0.39 is 73.7 Å². The Morgan fingerprint density at radius 3 is 2.29 bits per heavy atom. The second kappa shape index (κ2) is 19.8. The van der Waals surface area contributed by atoms with Gasteiger partial charge in [0.1, 0.15) is 18.2 Å². The highest BCUT2D eigenvalue weighted by Crippen LogP contribution is 2.33. The number of Topliss-reactive ketones (excluding diaryl/α,β-unsaturated/α-hetero) is 1. The van der Waals surface area contributed by atoms with Crippen LogP contribution in [0.15, 0.2) is 36.9 Å². The third kappa shape index (κ3) is 12.3. The van der Waals surface area contributed by atoms with Crippen molar-refractivity contribution >= 4 is 39.6 Å². The number of likely N-dealkylation sites (tertiary alicyclic amines) is 1. The van der Waals surface area contributed by atoms with Crippen molar-refractivity contribution in [1.82, 2.24) is 31.1 Å². The summed E-state index contributed by atoms with van der Waals surface area (Å²) >= 11 is 0. The second-order valence-electron chi connectivity index (χ2n) is 18.4. The van der Waals surface area contributed by atoms with Crippen LogP contribution in [0.5, 0.6) is 0 Å². The lowest BCUT2D eigenvalue weighted by atomic mass is 9.83. The predicted octanol–water partition coefficient (Wildman–Crippen LogP) is 4.80. The van der Waals surface area contributed by atoms with Crippen molar-refractivity contribution in [2.75, 3.05) is 31.9 Å². The molecular formula is C43H68N6O8S. The number of sulfone groups is 1. The number of nitrogens with one attached hydrogen (secondary N) is 4. The van der Waals surface area contributed by atoms with Crippen LogP contribution in [0.4, 0.5) is 9.59 Å². The lowest BCUT2D eigenvalue weighted by Gasteiger charge is -2.41. The lowest BCUT2D eigenvalue weighted by Crippen LogP contribution is -2.63. The Bertz CT molecular complexity index is 1750. The quantitative estimate of drug-likeness (QED) is 0.134. The number of carbonyl (C=O) groups excluding carboxylic acids is 5. The normalized spacial score (nSPS) is 20.6. The van der Waals surface area contributed by atoms with Gasteiger partial charge in [0.05, 0.1) is 35.2 Å². The van der Waals surface area contributed by atoms with Gasteiger partial charge >= 0.3 is 12.1 Å². The standard InChI is InChI=1S/C43H68N6O8S/c1-9-11-19-33(35(50)26-44-23-10-2)45-37(51)34-25-32(57-40(54)48-24-20-30-17-13-14-18-31(30)27-48)28-49(34)38(52)36(41(3,4)5)46-39(53)47-43(21-15-12-16-22-43)29-58(55,56)42(6,7)8/h10,13-14,17-18,32-34,36,44H,2,9,11-12,15-16,19-29H2,1,3-8H3,(H,45,51)(H2,46,47,53)/t32-,33?,34?,36?/m1/s1. The maximum absolute atomic E-state index is 14.8. The maximum atomic E-state index is 14.8. The number of benzene rings is 1. The van der Waals surface area contributed by atoms with Crippen molar-refractivity contribution in [2.24, 2.45) is 5.41 Å². The molecule has 4 atom stereocenters. The van der Waals surface area contributed by atoms with E-state index in [4.69, 9.17) is 4.74 Å². The zero-order chi connectivity index (χ0) is 42.9. The number of nitrogens with zero attached hydrogens (tertiary/aromatic N) is 2. The van der Waals surface area contributed by atoms with Crippen LogP contribution in [0.1, 0.15) is 117 Å². The molecule has 15 heteroatoms. The van der Waals surface area contributed by atoms with Crippen molar-refractivity contribution in [3.63, 3.8) is 0 Å². The number of fused-ring (bicyclic) bond motifs is 1. The molecule has 58 heavy (non-hydrogen) atoms. The fraction of sp³-hybridized carbons (Fsp3) is 0.698. The number of carbonyl (C=O) groups is 5. The Balaban J connectivity index is 1.59. The van der Waals surface area contributed by atoms with E-state index in [9.17, 15) is 32.4 Å². The largest absolute Gasteiger partial charge is 0.444 e. The molecule has 14 nitrogen and oxygen atoms in total. The Labute approximate surface area is 345 Å². The van der Waals surface area contributed by atoms with Gasteiger partial charge in [-0.3, -0.25) is 14.4 Å². The predicted molar refractivity (Wildman–Crippen MR) is 225 cm³/mol. The Morgan fingerprint density at radius 1 is 1.00 bits per heavy atom. The average molecular weight is 829 g/mol. The van der Waals surface area contributed by atoms with Crippen LogP contribution in [0.3, 0.4) is 0 Å². The minimum atomic E-state index is -3.61. The minimum Gasteiger partial charge on any atom is -0.444 e. The summed E-state index contributed by atoms with van der Waals surface area (Å²) < 4.78 is 31.9. The molecule has 0 aromatic heterocycles. The SMILES string of the molecule is C=CCNCC(=O)C(CCCC)NC(=O)C1C[C@@H](OC(=O)N2CCc3ccccc3C2)CN1C(=O)C(NC(=O)NC1(CS(=O)(=O)C(C)(C)C)CCCCC1)C(C)(C)C. The minimum absolute atomic E-state index is 0.00598. The fourth-order valence-electron chi connectivity index (χ4n) is 7.99. The number of ketones is 1. The van der Waals surface area contributed by atoms with Crippen molar-refractivity contribution < 1.29 is 37.1 Å². The molecule has 0 bridgehead atoms. The van der Waals surface area contributed by atoms with E-state index in [-0.39, 0.29) is 31.0 Å². The fourth-order valence-corrected chi connectivity index (χ4v) is 9.51. The average Bonchev–Trinajstić information content (AvgIpc) is 3.58. The summed E-state index contributed by atoms with van der Waals surface area (Å²) in [4.78, 5) is 72.8. The molecule has 1 aromatic carbocycles.